The molecule has 1 aliphatic carbocycles. The van der Waals surface area contributed by atoms with Crippen molar-refractivity contribution in [1.29, 1.82) is 0 Å². The number of nitrogens with one attached hydrogen (secondary N) is 1. The van der Waals surface area contributed by atoms with Gasteiger partial charge < -0.3 is 5.73 Å². The third-order valence-electron chi connectivity index (χ3n) is 4.27. The average molecular weight is 231 g/mol. The van der Waals surface area contributed by atoms with Gasteiger partial charge in [-0.3, -0.25) is 0 Å². The van der Waals surface area contributed by atoms with Gasteiger partial charge in [0.2, 0.25) is 0 Å². The zero-order chi connectivity index (χ0) is 12.7. The Morgan fingerprint density at radius 2 is 1.88 bits per heavy atom. The van der Waals surface area contributed by atoms with Crippen LogP contribution in [0.15, 0.2) is 34.4 Å². The summed E-state index contributed by atoms with van der Waals surface area (Å²) in [7, 11) is 0. The Labute approximate surface area is 104 Å². The van der Waals surface area contributed by atoms with E-state index in [1.807, 2.05) is 0 Å². The molecular formula is C15H23N2+. The highest BCUT2D eigenvalue weighted by molar-refractivity contribution is 5.96. The van der Waals surface area contributed by atoms with E-state index in [1.165, 1.54) is 28.0 Å². The van der Waals surface area contributed by atoms with E-state index in [9.17, 15) is 0 Å². The SMILES string of the molecule is CC1=[NH+]C2C(=C1C)C=CC(C(C)=C(C)C)C2N. The zero-order valence-electron chi connectivity index (χ0n) is 11.5. The van der Waals surface area contributed by atoms with E-state index < -0.39 is 0 Å². The van der Waals surface area contributed by atoms with Crippen LogP contribution in [0.5, 0.6) is 0 Å². The second-order valence-electron chi connectivity index (χ2n) is 5.47. The molecule has 1 heterocycles. The summed E-state index contributed by atoms with van der Waals surface area (Å²) in [6.45, 7) is 10.8. The maximum atomic E-state index is 6.43. The molecule has 0 spiro atoms. The Balaban J connectivity index is 2.40. The van der Waals surface area contributed by atoms with Gasteiger partial charge in [0.05, 0.1) is 6.04 Å². The molecule has 2 nitrogen and oxygen atoms in total. The van der Waals surface area contributed by atoms with Gasteiger partial charge in [-0.25, -0.2) is 4.99 Å². The second kappa shape index (κ2) is 4.26. The molecule has 3 atom stereocenters. The van der Waals surface area contributed by atoms with E-state index in [2.05, 4.69) is 51.8 Å². The summed E-state index contributed by atoms with van der Waals surface area (Å²) in [5, 5.41) is 0. The van der Waals surface area contributed by atoms with Gasteiger partial charge in [0, 0.05) is 24.0 Å². The van der Waals surface area contributed by atoms with Crippen molar-refractivity contribution in [3.05, 3.63) is 34.4 Å². The van der Waals surface area contributed by atoms with Gasteiger partial charge in [0.25, 0.3) is 0 Å². The number of nitrogens with two attached hydrogens (primary N) is 1. The third kappa shape index (κ3) is 1.91. The van der Waals surface area contributed by atoms with Crippen LogP contribution in [0.2, 0.25) is 0 Å². The minimum atomic E-state index is 0.136. The fourth-order valence-electron chi connectivity index (χ4n) is 2.71. The van der Waals surface area contributed by atoms with Crippen molar-refractivity contribution >= 4 is 5.71 Å². The minimum absolute atomic E-state index is 0.136. The molecule has 0 radical (unpaired) electrons. The molecule has 0 aromatic heterocycles. The van der Waals surface area contributed by atoms with Crippen LogP contribution in [0, 0.1) is 5.92 Å². The Morgan fingerprint density at radius 1 is 1.24 bits per heavy atom. The number of rotatable bonds is 1. The summed E-state index contributed by atoms with van der Waals surface area (Å²) < 4.78 is 0. The summed E-state index contributed by atoms with van der Waals surface area (Å²) >= 11 is 0. The summed E-state index contributed by atoms with van der Waals surface area (Å²) in [4.78, 5) is 3.52. The van der Waals surface area contributed by atoms with Crippen molar-refractivity contribution in [3.8, 4) is 0 Å². The van der Waals surface area contributed by atoms with Gasteiger partial charge in [-0.15, -0.1) is 0 Å². The van der Waals surface area contributed by atoms with Crippen molar-refractivity contribution < 1.29 is 4.99 Å². The number of allylic oxidation sites excluding steroid dienone is 2. The Morgan fingerprint density at radius 3 is 2.47 bits per heavy atom. The molecule has 2 heteroatoms. The van der Waals surface area contributed by atoms with Crippen LogP contribution in [0.4, 0.5) is 0 Å². The van der Waals surface area contributed by atoms with Gasteiger partial charge in [-0.05, 0) is 27.7 Å². The third-order valence-corrected chi connectivity index (χ3v) is 4.27. The molecular weight excluding hydrogens is 208 g/mol. The van der Waals surface area contributed by atoms with Gasteiger partial charge in [-0.2, -0.15) is 0 Å². The van der Waals surface area contributed by atoms with E-state index in [1.54, 1.807) is 0 Å². The molecule has 92 valence electrons. The molecule has 0 bridgehead atoms. The predicted octanol–water partition coefficient (Wildman–Crippen LogP) is 1.10. The first-order chi connectivity index (χ1) is 7.93. The highest BCUT2D eigenvalue weighted by atomic mass is 14.9. The maximum Gasteiger partial charge on any atom is 0.192 e. The lowest BCUT2D eigenvalue weighted by atomic mass is 9.79. The topological polar surface area (TPSA) is 40.0 Å². The number of hydrogen-bond donors (Lipinski definition) is 2. The fourth-order valence-corrected chi connectivity index (χ4v) is 2.71. The van der Waals surface area contributed by atoms with Gasteiger partial charge in [-0.1, -0.05) is 23.3 Å². The highest BCUT2D eigenvalue weighted by Crippen LogP contribution is 2.29. The molecule has 17 heavy (non-hydrogen) atoms. The predicted molar refractivity (Wildman–Crippen MR) is 72.8 cm³/mol. The lowest BCUT2D eigenvalue weighted by molar-refractivity contribution is -0.491. The van der Waals surface area contributed by atoms with Crippen LogP contribution in [-0.2, 0) is 0 Å². The minimum Gasteiger partial charge on any atom is -0.321 e. The molecule has 0 saturated carbocycles. The van der Waals surface area contributed by atoms with Crippen molar-refractivity contribution in [2.24, 2.45) is 11.7 Å². The standard InChI is InChI=1S/C15H22N2/c1-8(2)9(3)12-6-7-13-10(4)11(5)17-15(13)14(12)16/h6-7,12,14-15H,16H2,1-5H3/p+1. The first kappa shape index (κ1) is 12.3. The fraction of sp³-hybridized carbons (Fsp3) is 0.533. The monoisotopic (exact) mass is 231 g/mol. The Kier molecular flexibility index (Phi) is 3.09. The van der Waals surface area contributed by atoms with Crippen molar-refractivity contribution in [2.75, 3.05) is 0 Å². The Bertz CT molecular complexity index is 459. The van der Waals surface area contributed by atoms with Crippen LogP contribution in [-0.4, -0.2) is 17.8 Å². The summed E-state index contributed by atoms with van der Waals surface area (Å²) in [5.41, 5.74) is 13.2. The Hall–Kier alpha value is -1.15. The van der Waals surface area contributed by atoms with Gasteiger partial charge >= 0.3 is 0 Å². The average Bonchev–Trinajstić information content (AvgIpc) is 2.56. The molecule has 0 fully saturated rings. The molecule has 0 saturated heterocycles. The van der Waals surface area contributed by atoms with Crippen molar-refractivity contribution in [3.63, 3.8) is 0 Å². The van der Waals surface area contributed by atoms with E-state index in [-0.39, 0.29) is 6.04 Å². The molecule has 2 rings (SSSR count). The van der Waals surface area contributed by atoms with Crippen LogP contribution in [0.1, 0.15) is 34.6 Å². The second-order valence-corrected chi connectivity index (χ2v) is 5.47. The molecule has 0 aromatic carbocycles. The molecule has 3 unspecified atom stereocenters. The lowest BCUT2D eigenvalue weighted by Crippen LogP contribution is -2.82. The maximum absolute atomic E-state index is 6.43. The number of fused-ring (bicyclic) bond motifs is 1. The smallest absolute Gasteiger partial charge is 0.192 e. The van der Waals surface area contributed by atoms with Crippen LogP contribution >= 0.6 is 0 Å². The van der Waals surface area contributed by atoms with Crippen LogP contribution < -0.4 is 10.7 Å². The quantitative estimate of drug-likeness (QED) is 0.652. The molecule has 2 aliphatic rings. The van der Waals surface area contributed by atoms with E-state index >= 15 is 0 Å². The summed E-state index contributed by atoms with van der Waals surface area (Å²) in [6.07, 6.45) is 4.52. The number of hydrogen-bond acceptors (Lipinski definition) is 1. The molecule has 0 aromatic rings. The zero-order valence-corrected chi connectivity index (χ0v) is 11.5. The summed E-state index contributed by atoms with van der Waals surface area (Å²) in [6, 6.07) is 0.427. The van der Waals surface area contributed by atoms with Crippen LogP contribution in [0.3, 0.4) is 0 Å². The van der Waals surface area contributed by atoms with E-state index in [4.69, 9.17) is 5.73 Å². The van der Waals surface area contributed by atoms with Crippen LogP contribution in [0.25, 0.3) is 0 Å². The first-order valence-corrected chi connectivity index (χ1v) is 6.32. The van der Waals surface area contributed by atoms with Crippen molar-refractivity contribution in [1.82, 2.24) is 0 Å². The van der Waals surface area contributed by atoms with Gasteiger partial charge in [0.15, 0.2) is 11.8 Å². The normalized spacial score (nSPS) is 31.4. The van der Waals surface area contributed by atoms with Gasteiger partial charge in [0.1, 0.15) is 0 Å². The first-order valence-electron chi connectivity index (χ1n) is 6.32. The molecule has 3 N–H and O–H groups in total. The van der Waals surface area contributed by atoms with E-state index in [0.29, 0.717) is 12.0 Å². The lowest BCUT2D eigenvalue weighted by Gasteiger charge is -2.28. The largest absolute Gasteiger partial charge is 0.321 e. The summed E-state index contributed by atoms with van der Waals surface area (Å²) in [5.74, 6) is 0.361. The molecule has 1 aliphatic heterocycles. The molecule has 0 amide bonds. The van der Waals surface area contributed by atoms with Crippen molar-refractivity contribution in [2.45, 2.75) is 46.7 Å². The highest BCUT2D eigenvalue weighted by Gasteiger charge is 2.39. The van der Waals surface area contributed by atoms with E-state index in [0.717, 1.165) is 0 Å².